The highest BCUT2D eigenvalue weighted by atomic mass is 32.2. The monoisotopic (exact) mass is 399 g/mol. The molecule has 0 aliphatic rings. The van der Waals surface area contributed by atoms with Crippen LogP contribution in [0.25, 0.3) is 11.0 Å². The number of amides is 1. The van der Waals surface area contributed by atoms with E-state index in [9.17, 15) is 9.59 Å². The van der Waals surface area contributed by atoms with E-state index < -0.39 is 5.97 Å². The van der Waals surface area contributed by atoms with E-state index in [0.717, 1.165) is 11.0 Å². The number of para-hydroxylation sites is 2. The van der Waals surface area contributed by atoms with Crippen molar-refractivity contribution in [2.45, 2.75) is 12.1 Å². The number of anilines is 1. The van der Waals surface area contributed by atoms with Crippen molar-refractivity contribution in [2.24, 2.45) is 0 Å². The topological polar surface area (TPSA) is 93.3 Å². The first-order chi connectivity index (χ1) is 13.7. The van der Waals surface area contributed by atoms with Gasteiger partial charge in [-0.25, -0.2) is 9.78 Å². The Labute approximate surface area is 166 Å². The number of carbonyl (C=O) groups is 2. The zero-order chi connectivity index (χ0) is 19.8. The first-order valence-corrected chi connectivity index (χ1v) is 9.86. The Bertz CT molecular complexity index is 907. The minimum Gasteiger partial charge on any atom is -0.460 e. The quantitative estimate of drug-likeness (QED) is 0.325. The molecular formula is C20H21N3O4S. The second-order valence-electron chi connectivity index (χ2n) is 5.81. The molecule has 7 nitrogen and oxygen atoms in total. The minimum atomic E-state index is -0.418. The third kappa shape index (κ3) is 5.58. The van der Waals surface area contributed by atoms with Crippen LogP contribution in [0.3, 0.4) is 0 Å². The first-order valence-electron chi connectivity index (χ1n) is 8.88. The summed E-state index contributed by atoms with van der Waals surface area (Å²) in [6, 6.07) is 14.3. The summed E-state index contributed by atoms with van der Waals surface area (Å²) in [6.45, 7) is 3.05. The Morgan fingerprint density at radius 1 is 1.11 bits per heavy atom. The summed E-state index contributed by atoms with van der Waals surface area (Å²) >= 11 is 1.33. The van der Waals surface area contributed by atoms with Gasteiger partial charge in [0.1, 0.15) is 6.61 Å². The van der Waals surface area contributed by atoms with E-state index in [4.69, 9.17) is 9.47 Å². The number of hydrogen-bond donors (Lipinski definition) is 2. The molecule has 0 unspecified atom stereocenters. The molecule has 0 aliphatic heterocycles. The van der Waals surface area contributed by atoms with E-state index in [1.807, 2.05) is 31.2 Å². The zero-order valence-electron chi connectivity index (χ0n) is 15.4. The lowest BCUT2D eigenvalue weighted by atomic mass is 10.2. The number of thioether (sulfide) groups is 1. The first kappa shape index (κ1) is 19.9. The second-order valence-corrected chi connectivity index (χ2v) is 6.77. The van der Waals surface area contributed by atoms with Gasteiger partial charge < -0.3 is 19.8 Å². The van der Waals surface area contributed by atoms with Gasteiger partial charge in [0.2, 0.25) is 5.91 Å². The van der Waals surface area contributed by atoms with Crippen LogP contribution in [-0.2, 0) is 14.3 Å². The van der Waals surface area contributed by atoms with Crippen LogP contribution in [0.2, 0.25) is 0 Å². The number of fused-ring (bicyclic) bond motifs is 1. The molecule has 3 rings (SSSR count). The van der Waals surface area contributed by atoms with Gasteiger partial charge in [-0.05, 0) is 43.3 Å². The third-order valence-electron chi connectivity index (χ3n) is 3.78. The summed E-state index contributed by atoms with van der Waals surface area (Å²) in [7, 11) is 0. The van der Waals surface area contributed by atoms with E-state index in [1.165, 1.54) is 11.8 Å². The number of ether oxygens (including phenoxy) is 2. The average molecular weight is 399 g/mol. The molecule has 0 saturated carbocycles. The Balaban J connectivity index is 1.46. The fraction of sp³-hybridized carbons (Fsp3) is 0.250. The standard InChI is InChI=1S/C20H21N3O4S/c1-2-26-11-12-27-19(25)14-7-9-15(10-8-14)21-18(24)13-28-20-22-16-5-3-4-6-17(16)23-20/h3-10H,2,11-13H2,1H3,(H,21,24)(H,22,23). The van der Waals surface area contributed by atoms with E-state index >= 15 is 0 Å². The van der Waals surface area contributed by atoms with Crippen molar-refractivity contribution in [3.05, 3.63) is 54.1 Å². The van der Waals surface area contributed by atoms with Crippen molar-refractivity contribution in [1.29, 1.82) is 0 Å². The summed E-state index contributed by atoms with van der Waals surface area (Å²) < 4.78 is 10.2. The summed E-state index contributed by atoms with van der Waals surface area (Å²) in [6.07, 6.45) is 0. The van der Waals surface area contributed by atoms with Crippen molar-refractivity contribution in [3.8, 4) is 0 Å². The predicted octanol–water partition coefficient (Wildman–Crippen LogP) is 3.49. The molecule has 0 bridgehead atoms. The number of nitrogens with zero attached hydrogens (tertiary/aromatic N) is 1. The van der Waals surface area contributed by atoms with Crippen LogP contribution in [0.15, 0.2) is 53.7 Å². The Morgan fingerprint density at radius 3 is 2.64 bits per heavy atom. The number of rotatable bonds is 9. The molecule has 0 radical (unpaired) electrons. The number of benzene rings is 2. The molecule has 2 aromatic carbocycles. The van der Waals surface area contributed by atoms with Crippen molar-refractivity contribution in [3.63, 3.8) is 0 Å². The molecule has 0 fully saturated rings. The lowest BCUT2D eigenvalue weighted by molar-refractivity contribution is -0.113. The molecule has 1 heterocycles. The number of aromatic amines is 1. The fourth-order valence-corrected chi connectivity index (χ4v) is 3.12. The van der Waals surface area contributed by atoms with Gasteiger partial charge in [0.15, 0.2) is 5.16 Å². The van der Waals surface area contributed by atoms with Crippen molar-refractivity contribution in [1.82, 2.24) is 9.97 Å². The predicted molar refractivity (Wildman–Crippen MR) is 109 cm³/mol. The molecule has 146 valence electrons. The molecule has 0 atom stereocenters. The molecular weight excluding hydrogens is 378 g/mol. The third-order valence-corrected chi connectivity index (χ3v) is 4.65. The average Bonchev–Trinajstić information content (AvgIpc) is 3.13. The highest BCUT2D eigenvalue weighted by Gasteiger charge is 2.09. The highest BCUT2D eigenvalue weighted by molar-refractivity contribution is 7.99. The van der Waals surface area contributed by atoms with E-state index in [-0.39, 0.29) is 18.3 Å². The van der Waals surface area contributed by atoms with E-state index in [0.29, 0.717) is 29.6 Å². The summed E-state index contributed by atoms with van der Waals surface area (Å²) in [5.41, 5.74) is 2.84. The van der Waals surface area contributed by atoms with Crippen LogP contribution >= 0.6 is 11.8 Å². The minimum absolute atomic E-state index is 0.155. The maximum atomic E-state index is 12.1. The normalized spacial score (nSPS) is 10.8. The van der Waals surface area contributed by atoms with Crippen LogP contribution in [0, 0.1) is 0 Å². The molecule has 8 heteroatoms. The van der Waals surface area contributed by atoms with Gasteiger partial charge in [-0.15, -0.1) is 0 Å². The number of aromatic nitrogens is 2. The number of nitrogens with one attached hydrogen (secondary N) is 2. The number of imidazole rings is 1. The highest BCUT2D eigenvalue weighted by Crippen LogP contribution is 2.19. The summed E-state index contributed by atoms with van der Waals surface area (Å²) in [5, 5.41) is 3.49. The van der Waals surface area contributed by atoms with Gasteiger partial charge in [0.05, 0.1) is 29.0 Å². The van der Waals surface area contributed by atoms with Crippen LogP contribution in [0.4, 0.5) is 5.69 Å². The van der Waals surface area contributed by atoms with Crippen LogP contribution in [0.5, 0.6) is 0 Å². The van der Waals surface area contributed by atoms with Gasteiger partial charge in [0, 0.05) is 12.3 Å². The SMILES string of the molecule is CCOCCOC(=O)c1ccc(NC(=O)CSc2nc3ccccc3[nH]2)cc1. The van der Waals surface area contributed by atoms with Crippen LogP contribution < -0.4 is 5.32 Å². The largest absolute Gasteiger partial charge is 0.460 e. The Morgan fingerprint density at radius 2 is 1.89 bits per heavy atom. The maximum absolute atomic E-state index is 12.1. The van der Waals surface area contributed by atoms with Gasteiger partial charge in [-0.3, -0.25) is 4.79 Å². The molecule has 3 aromatic rings. The Kier molecular flexibility index (Phi) is 7.05. The zero-order valence-corrected chi connectivity index (χ0v) is 16.3. The number of H-pyrrole nitrogens is 1. The molecule has 2 N–H and O–H groups in total. The molecule has 28 heavy (non-hydrogen) atoms. The number of esters is 1. The van der Waals surface area contributed by atoms with Crippen molar-refractivity contribution >= 4 is 40.4 Å². The van der Waals surface area contributed by atoms with Crippen molar-refractivity contribution < 1.29 is 19.1 Å². The Hall–Kier alpha value is -2.84. The maximum Gasteiger partial charge on any atom is 0.338 e. The fourth-order valence-electron chi connectivity index (χ4n) is 2.44. The van der Waals surface area contributed by atoms with Gasteiger partial charge in [0.25, 0.3) is 0 Å². The summed E-state index contributed by atoms with van der Waals surface area (Å²) in [4.78, 5) is 31.6. The van der Waals surface area contributed by atoms with Crippen molar-refractivity contribution in [2.75, 3.05) is 30.9 Å². The van der Waals surface area contributed by atoms with E-state index in [2.05, 4.69) is 15.3 Å². The van der Waals surface area contributed by atoms with Gasteiger partial charge >= 0.3 is 5.97 Å². The van der Waals surface area contributed by atoms with Crippen LogP contribution in [-0.4, -0.2) is 47.4 Å². The lowest BCUT2D eigenvalue weighted by Crippen LogP contribution is -2.14. The summed E-state index contributed by atoms with van der Waals surface area (Å²) in [5.74, 6) is -0.350. The molecule has 0 saturated heterocycles. The van der Waals surface area contributed by atoms with E-state index in [1.54, 1.807) is 24.3 Å². The van der Waals surface area contributed by atoms with Gasteiger partial charge in [-0.1, -0.05) is 23.9 Å². The smallest absolute Gasteiger partial charge is 0.338 e. The molecule has 0 spiro atoms. The van der Waals surface area contributed by atoms with Gasteiger partial charge in [-0.2, -0.15) is 0 Å². The molecule has 0 aliphatic carbocycles. The molecule has 1 amide bonds. The van der Waals surface area contributed by atoms with Crippen LogP contribution in [0.1, 0.15) is 17.3 Å². The number of hydrogen-bond acceptors (Lipinski definition) is 6. The number of carbonyl (C=O) groups excluding carboxylic acids is 2. The second kappa shape index (κ2) is 9.91. The molecule has 1 aromatic heterocycles. The lowest BCUT2D eigenvalue weighted by Gasteiger charge is -2.07.